The second-order valence-electron chi connectivity index (χ2n) is 20.6. The van der Waals surface area contributed by atoms with Gasteiger partial charge in [0.1, 0.15) is 13.2 Å². The first-order chi connectivity index (χ1) is 34.5. The predicted octanol–water partition coefficient (Wildman–Crippen LogP) is 17.2. The Morgan fingerprint density at radius 3 is 1.31 bits per heavy atom. The molecule has 0 aromatic carbocycles. The van der Waals surface area contributed by atoms with Crippen LogP contribution in [0.5, 0.6) is 0 Å². The van der Waals surface area contributed by atoms with E-state index in [-0.39, 0.29) is 12.5 Å². The van der Waals surface area contributed by atoms with Crippen LogP contribution in [0.25, 0.3) is 0 Å². The molecule has 0 saturated heterocycles. The maximum absolute atomic E-state index is 13.0. The van der Waals surface area contributed by atoms with E-state index in [0.717, 1.165) is 89.9 Å². The SMILES string of the molecule is CC/C=C\C/C=C\C/C=C\C/C=C\C/C=C\CCCCCCCCCCCC(=O)NC(COP(=O)([O-])OCC[N+](C)(C)C)C(O)/C=C/CC/C=C/CC/C=C/CCCCCCCCCCCCCCCC. The van der Waals surface area contributed by atoms with E-state index in [2.05, 4.69) is 104 Å². The molecule has 3 atom stereocenters. The van der Waals surface area contributed by atoms with Crippen molar-refractivity contribution in [3.63, 3.8) is 0 Å². The van der Waals surface area contributed by atoms with E-state index in [4.69, 9.17) is 9.05 Å². The maximum Gasteiger partial charge on any atom is 0.268 e. The van der Waals surface area contributed by atoms with Crippen LogP contribution in [-0.2, 0) is 18.4 Å². The van der Waals surface area contributed by atoms with Crippen molar-refractivity contribution < 1.29 is 32.9 Å². The minimum absolute atomic E-state index is 0.0150. The summed E-state index contributed by atoms with van der Waals surface area (Å²) in [4.78, 5) is 25.5. The van der Waals surface area contributed by atoms with E-state index >= 15 is 0 Å². The van der Waals surface area contributed by atoms with Crippen molar-refractivity contribution in [3.05, 3.63) is 97.2 Å². The lowest BCUT2D eigenvalue weighted by Crippen LogP contribution is -2.45. The van der Waals surface area contributed by atoms with Gasteiger partial charge in [-0.2, -0.15) is 0 Å². The Balaban J connectivity index is 4.32. The molecule has 9 heteroatoms. The molecule has 0 aliphatic heterocycles. The summed E-state index contributed by atoms with van der Waals surface area (Å²) in [6, 6.07) is -0.921. The monoisotopic (exact) mass is 1010 g/mol. The Kier molecular flexibility index (Phi) is 50.4. The fraction of sp³-hybridized carbons (Fsp3) is 0.726. The molecule has 0 heterocycles. The van der Waals surface area contributed by atoms with Gasteiger partial charge < -0.3 is 28.8 Å². The number of nitrogens with zero attached hydrogens (tertiary/aromatic N) is 1. The van der Waals surface area contributed by atoms with Gasteiger partial charge in [0, 0.05) is 6.42 Å². The van der Waals surface area contributed by atoms with Crippen molar-refractivity contribution >= 4 is 13.7 Å². The Bertz CT molecular complexity index is 1470. The zero-order valence-electron chi connectivity index (χ0n) is 46.6. The fourth-order valence-corrected chi connectivity index (χ4v) is 8.70. The normalized spacial score (nSPS) is 14.6. The highest BCUT2D eigenvalue weighted by Crippen LogP contribution is 2.38. The van der Waals surface area contributed by atoms with Gasteiger partial charge in [0.25, 0.3) is 7.82 Å². The van der Waals surface area contributed by atoms with Gasteiger partial charge in [-0.1, -0.05) is 239 Å². The lowest BCUT2D eigenvalue weighted by Gasteiger charge is -2.29. The third kappa shape index (κ3) is 55.0. The summed E-state index contributed by atoms with van der Waals surface area (Å²) in [6.45, 7) is 4.51. The molecule has 3 unspecified atom stereocenters. The summed E-state index contributed by atoms with van der Waals surface area (Å²) >= 11 is 0. The predicted molar refractivity (Wildman–Crippen MR) is 306 cm³/mol. The van der Waals surface area contributed by atoms with E-state index in [1.807, 2.05) is 27.2 Å². The van der Waals surface area contributed by atoms with E-state index in [1.54, 1.807) is 6.08 Å². The number of hydrogen-bond donors (Lipinski definition) is 2. The fourth-order valence-electron chi connectivity index (χ4n) is 7.98. The number of unbranched alkanes of at least 4 members (excludes halogenated alkanes) is 25. The van der Waals surface area contributed by atoms with Crippen molar-refractivity contribution in [3.8, 4) is 0 Å². The number of carbonyl (C=O) groups is 1. The number of aliphatic hydroxyl groups excluding tert-OH is 1. The summed E-state index contributed by atoms with van der Waals surface area (Å²) in [7, 11) is 1.22. The molecule has 0 rings (SSSR count). The summed E-state index contributed by atoms with van der Waals surface area (Å²) in [5.74, 6) is -0.221. The molecule has 71 heavy (non-hydrogen) atoms. The van der Waals surface area contributed by atoms with Gasteiger partial charge in [-0.3, -0.25) is 9.36 Å². The van der Waals surface area contributed by atoms with Crippen LogP contribution in [0.2, 0.25) is 0 Å². The van der Waals surface area contributed by atoms with E-state index in [9.17, 15) is 19.4 Å². The number of nitrogens with one attached hydrogen (secondary N) is 1. The van der Waals surface area contributed by atoms with Crippen LogP contribution in [0.15, 0.2) is 97.2 Å². The summed E-state index contributed by atoms with van der Waals surface area (Å²) in [5, 5.41) is 13.9. The summed E-state index contributed by atoms with van der Waals surface area (Å²) < 4.78 is 23.3. The first-order valence-corrected chi connectivity index (χ1v) is 30.6. The molecule has 0 aliphatic rings. The number of carbonyl (C=O) groups excluding carboxylic acids is 1. The van der Waals surface area contributed by atoms with Crippen molar-refractivity contribution in [2.75, 3.05) is 40.9 Å². The number of aliphatic hydroxyl groups is 1. The van der Waals surface area contributed by atoms with Gasteiger partial charge in [-0.15, -0.1) is 0 Å². The molecule has 410 valence electrons. The van der Waals surface area contributed by atoms with Crippen LogP contribution in [0.3, 0.4) is 0 Å². The highest BCUT2D eigenvalue weighted by Gasteiger charge is 2.23. The van der Waals surface area contributed by atoms with Gasteiger partial charge in [-0.25, -0.2) is 0 Å². The third-order valence-electron chi connectivity index (χ3n) is 12.5. The van der Waals surface area contributed by atoms with Crippen molar-refractivity contribution in [2.24, 2.45) is 0 Å². The highest BCUT2D eigenvalue weighted by atomic mass is 31.2. The number of quaternary nitrogens is 1. The zero-order valence-corrected chi connectivity index (χ0v) is 47.5. The number of phosphoric ester groups is 1. The molecular weight excluding hydrogens is 900 g/mol. The highest BCUT2D eigenvalue weighted by molar-refractivity contribution is 7.45. The number of hydrogen-bond acceptors (Lipinski definition) is 6. The topological polar surface area (TPSA) is 108 Å². The van der Waals surface area contributed by atoms with E-state index in [0.29, 0.717) is 17.4 Å². The van der Waals surface area contributed by atoms with E-state index in [1.165, 1.54) is 128 Å². The number of likely N-dealkylation sites (N-methyl/N-ethyl adjacent to an activating group) is 1. The molecule has 0 saturated carbocycles. The van der Waals surface area contributed by atoms with Gasteiger partial charge in [0.05, 0.1) is 39.9 Å². The Labute approximate surface area is 439 Å². The Morgan fingerprint density at radius 2 is 0.873 bits per heavy atom. The second kappa shape index (κ2) is 52.3. The summed E-state index contributed by atoms with van der Waals surface area (Å²) in [6.07, 6.45) is 74.8. The molecule has 0 radical (unpaired) electrons. The third-order valence-corrected chi connectivity index (χ3v) is 13.5. The Hall–Kier alpha value is -2.58. The van der Waals surface area contributed by atoms with Gasteiger partial charge in [0.15, 0.2) is 0 Å². The molecular formula is C62H111N2O6P. The van der Waals surface area contributed by atoms with Gasteiger partial charge in [-0.05, 0) is 89.9 Å². The summed E-state index contributed by atoms with van der Waals surface area (Å²) in [5.41, 5.74) is 0. The minimum Gasteiger partial charge on any atom is -0.756 e. The second-order valence-corrected chi connectivity index (χ2v) is 22.0. The molecule has 0 bridgehead atoms. The first-order valence-electron chi connectivity index (χ1n) is 29.1. The van der Waals surface area contributed by atoms with Crippen LogP contribution in [0, 0.1) is 0 Å². The molecule has 0 spiro atoms. The number of phosphoric acid groups is 1. The maximum atomic E-state index is 13.0. The lowest BCUT2D eigenvalue weighted by molar-refractivity contribution is -0.870. The van der Waals surface area contributed by atoms with Crippen LogP contribution in [-0.4, -0.2) is 68.5 Å². The zero-order chi connectivity index (χ0) is 52.0. The van der Waals surface area contributed by atoms with Crippen molar-refractivity contribution in [2.45, 2.75) is 251 Å². The van der Waals surface area contributed by atoms with Crippen LogP contribution < -0.4 is 10.2 Å². The number of allylic oxidation sites excluding steroid dienone is 15. The van der Waals surface area contributed by atoms with Crippen molar-refractivity contribution in [1.29, 1.82) is 0 Å². The molecule has 0 fully saturated rings. The quantitative estimate of drug-likeness (QED) is 0.0272. The van der Waals surface area contributed by atoms with Gasteiger partial charge >= 0.3 is 0 Å². The Morgan fingerprint density at radius 1 is 0.507 bits per heavy atom. The molecule has 0 aromatic heterocycles. The molecule has 0 aromatic rings. The molecule has 0 aliphatic carbocycles. The van der Waals surface area contributed by atoms with Crippen LogP contribution >= 0.6 is 7.82 Å². The molecule has 2 N–H and O–H groups in total. The average Bonchev–Trinajstić information content (AvgIpc) is 3.33. The smallest absolute Gasteiger partial charge is 0.268 e. The first kappa shape index (κ1) is 68.4. The number of rotatable bonds is 52. The standard InChI is InChI=1S/C62H111N2O6P/c1-6-8-10-12-14-16-18-20-22-24-26-28-30-32-34-36-38-40-42-44-46-48-50-52-54-56-62(66)63-60(59-70-71(67,68)69-58-57-64(3,4)5)61(65)55-53-51-49-47-45-43-41-39-37-35-33-31-29-27-25-23-21-19-17-15-13-11-9-7-2/h8,10,14,16,20,22,26,28,32,34,37,39,45,47,53,55,60-61,65H,6-7,9,11-13,15,17-19,21,23-25,27,29-31,33,35-36,38,40-44,46,48-52,54,56-59H2,1-5H3,(H-,63,66,67,68)/b10-8-,16-14-,22-20-,28-26-,34-32-,39-37+,47-45+,55-53+. The minimum atomic E-state index is -4.62. The molecule has 1 amide bonds. The average molecular weight is 1010 g/mol. The van der Waals surface area contributed by atoms with E-state index < -0.39 is 26.6 Å². The van der Waals surface area contributed by atoms with Gasteiger partial charge in [0.2, 0.25) is 5.91 Å². The number of amides is 1. The molecule has 8 nitrogen and oxygen atoms in total. The lowest BCUT2D eigenvalue weighted by atomic mass is 10.0. The van der Waals surface area contributed by atoms with Crippen LogP contribution in [0.1, 0.15) is 239 Å². The van der Waals surface area contributed by atoms with Crippen molar-refractivity contribution in [1.82, 2.24) is 5.32 Å². The largest absolute Gasteiger partial charge is 0.756 e. The van der Waals surface area contributed by atoms with Crippen LogP contribution in [0.4, 0.5) is 0 Å².